The van der Waals surface area contributed by atoms with Crippen molar-refractivity contribution in [1.82, 2.24) is 4.98 Å². The molecule has 0 saturated carbocycles. The topological polar surface area (TPSA) is 37.0 Å². The van der Waals surface area contributed by atoms with Gasteiger partial charge in [-0.2, -0.15) is 0 Å². The fourth-order valence-corrected chi connectivity index (χ4v) is 1.79. The van der Waals surface area contributed by atoms with Crippen molar-refractivity contribution in [3.8, 4) is 5.75 Å². The van der Waals surface area contributed by atoms with Crippen LogP contribution < -0.4 is 10.1 Å². The van der Waals surface area contributed by atoms with Crippen LogP contribution in [0.3, 0.4) is 0 Å². The van der Waals surface area contributed by atoms with Crippen molar-refractivity contribution in [2.24, 2.45) is 0 Å². The van der Waals surface area contributed by atoms with Crippen molar-refractivity contribution in [3.05, 3.63) is 47.2 Å². The van der Waals surface area contributed by atoms with Gasteiger partial charge < -0.3 is 15.0 Å². The summed E-state index contributed by atoms with van der Waals surface area (Å²) in [6.07, 6.45) is 3.87. The maximum absolute atomic E-state index is 6.10. The first-order chi connectivity index (χ1) is 8.29. The molecule has 0 aliphatic heterocycles. The van der Waals surface area contributed by atoms with E-state index in [1.165, 1.54) is 5.56 Å². The number of hydrogen-bond donors (Lipinski definition) is 2. The minimum atomic E-state index is 0.621. The van der Waals surface area contributed by atoms with E-state index >= 15 is 0 Å². The molecule has 3 nitrogen and oxygen atoms in total. The standard InChI is InChI=1S/C13H15ClN2O/c1-2-17-13-4-3-11(7-12(13)14)16-9-10-5-6-15-8-10/h3-8,15-16H,2,9H2,1H3. The molecule has 4 heteroatoms. The van der Waals surface area contributed by atoms with Crippen LogP contribution in [0, 0.1) is 0 Å². The van der Waals surface area contributed by atoms with E-state index < -0.39 is 0 Å². The fourth-order valence-electron chi connectivity index (χ4n) is 1.56. The number of nitrogens with one attached hydrogen (secondary N) is 2. The van der Waals surface area contributed by atoms with Gasteiger partial charge in [0.05, 0.1) is 11.6 Å². The van der Waals surface area contributed by atoms with Crippen LogP contribution in [-0.4, -0.2) is 11.6 Å². The smallest absolute Gasteiger partial charge is 0.138 e. The van der Waals surface area contributed by atoms with Gasteiger partial charge in [-0.15, -0.1) is 0 Å². The summed E-state index contributed by atoms with van der Waals surface area (Å²) in [6, 6.07) is 7.75. The Kier molecular flexibility index (Phi) is 3.94. The average molecular weight is 251 g/mol. The first-order valence-corrected chi connectivity index (χ1v) is 5.95. The second-order valence-corrected chi connectivity index (χ2v) is 4.06. The zero-order valence-corrected chi connectivity index (χ0v) is 10.4. The van der Waals surface area contributed by atoms with Gasteiger partial charge in [0.1, 0.15) is 5.75 Å². The lowest BCUT2D eigenvalue weighted by atomic mass is 10.2. The maximum atomic E-state index is 6.10. The van der Waals surface area contributed by atoms with E-state index in [0.29, 0.717) is 11.6 Å². The molecule has 17 heavy (non-hydrogen) atoms. The minimum Gasteiger partial charge on any atom is -0.492 e. The lowest BCUT2D eigenvalue weighted by molar-refractivity contribution is 0.340. The number of benzene rings is 1. The summed E-state index contributed by atoms with van der Waals surface area (Å²) in [5.74, 6) is 0.723. The summed E-state index contributed by atoms with van der Waals surface area (Å²) in [5.41, 5.74) is 2.19. The van der Waals surface area contributed by atoms with Crippen molar-refractivity contribution in [2.45, 2.75) is 13.5 Å². The Morgan fingerprint density at radius 2 is 2.24 bits per heavy atom. The second kappa shape index (κ2) is 5.64. The van der Waals surface area contributed by atoms with Gasteiger partial charge >= 0.3 is 0 Å². The lowest BCUT2D eigenvalue weighted by Gasteiger charge is -2.09. The monoisotopic (exact) mass is 250 g/mol. The van der Waals surface area contributed by atoms with Gasteiger partial charge in [-0.05, 0) is 36.8 Å². The van der Waals surface area contributed by atoms with Gasteiger partial charge in [0.2, 0.25) is 0 Å². The zero-order valence-electron chi connectivity index (χ0n) is 9.66. The number of H-pyrrole nitrogens is 1. The van der Waals surface area contributed by atoms with Crippen LogP contribution in [0.4, 0.5) is 5.69 Å². The molecule has 0 spiro atoms. The van der Waals surface area contributed by atoms with E-state index in [0.717, 1.165) is 18.0 Å². The predicted octanol–water partition coefficient (Wildman–Crippen LogP) is 3.68. The molecule has 0 aliphatic rings. The molecule has 0 amide bonds. The molecule has 1 aromatic heterocycles. The summed E-state index contributed by atoms with van der Waals surface area (Å²) >= 11 is 6.10. The molecule has 2 rings (SSSR count). The Hall–Kier alpha value is -1.61. The summed E-state index contributed by atoms with van der Waals surface area (Å²) in [4.78, 5) is 3.02. The molecule has 90 valence electrons. The Balaban J connectivity index is 2.00. The van der Waals surface area contributed by atoms with Gasteiger partial charge in [0.15, 0.2) is 0 Å². The van der Waals surface area contributed by atoms with Gasteiger partial charge in [-0.25, -0.2) is 0 Å². The Morgan fingerprint density at radius 3 is 2.88 bits per heavy atom. The molecule has 2 N–H and O–H groups in total. The van der Waals surface area contributed by atoms with Crippen LogP contribution in [0.5, 0.6) is 5.75 Å². The number of anilines is 1. The molecule has 2 aromatic rings. The highest BCUT2D eigenvalue weighted by molar-refractivity contribution is 6.32. The fraction of sp³-hybridized carbons (Fsp3) is 0.231. The quantitative estimate of drug-likeness (QED) is 0.849. The molecule has 0 aliphatic carbocycles. The highest BCUT2D eigenvalue weighted by atomic mass is 35.5. The van der Waals surface area contributed by atoms with Gasteiger partial charge in [-0.1, -0.05) is 11.6 Å². The van der Waals surface area contributed by atoms with E-state index in [9.17, 15) is 0 Å². The zero-order chi connectivity index (χ0) is 12.1. The first-order valence-electron chi connectivity index (χ1n) is 5.57. The van der Waals surface area contributed by atoms with Crippen molar-refractivity contribution >= 4 is 17.3 Å². The van der Waals surface area contributed by atoms with Crippen LogP contribution in [0.15, 0.2) is 36.7 Å². The molecular weight excluding hydrogens is 236 g/mol. The van der Waals surface area contributed by atoms with E-state index in [-0.39, 0.29) is 0 Å². The van der Waals surface area contributed by atoms with Crippen molar-refractivity contribution in [1.29, 1.82) is 0 Å². The van der Waals surface area contributed by atoms with Crippen molar-refractivity contribution in [3.63, 3.8) is 0 Å². The highest BCUT2D eigenvalue weighted by Crippen LogP contribution is 2.27. The largest absolute Gasteiger partial charge is 0.492 e. The number of rotatable bonds is 5. The van der Waals surface area contributed by atoms with E-state index in [4.69, 9.17) is 16.3 Å². The summed E-state index contributed by atoms with van der Waals surface area (Å²) < 4.78 is 5.38. The predicted molar refractivity (Wildman–Crippen MR) is 70.7 cm³/mol. The van der Waals surface area contributed by atoms with Gasteiger partial charge in [0, 0.05) is 24.6 Å². The molecule has 0 atom stereocenters. The second-order valence-electron chi connectivity index (χ2n) is 3.65. The number of ether oxygens (including phenoxy) is 1. The third-order valence-electron chi connectivity index (χ3n) is 2.39. The Labute approximate surface area is 106 Å². The van der Waals surface area contributed by atoms with Crippen LogP contribution in [0.25, 0.3) is 0 Å². The molecule has 0 fully saturated rings. The molecule has 0 saturated heterocycles. The third-order valence-corrected chi connectivity index (χ3v) is 2.69. The van der Waals surface area contributed by atoms with Crippen molar-refractivity contribution in [2.75, 3.05) is 11.9 Å². The van der Waals surface area contributed by atoms with Crippen LogP contribution in [-0.2, 0) is 6.54 Å². The van der Waals surface area contributed by atoms with Crippen LogP contribution >= 0.6 is 11.6 Å². The Morgan fingerprint density at radius 1 is 1.35 bits per heavy atom. The van der Waals surface area contributed by atoms with Crippen LogP contribution in [0.2, 0.25) is 5.02 Å². The number of aromatic nitrogens is 1. The molecular formula is C13H15ClN2O. The van der Waals surface area contributed by atoms with Crippen molar-refractivity contribution < 1.29 is 4.74 Å². The molecule has 1 aromatic carbocycles. The van der Waals surface area contributed by atoms with Gasteiger partial charge in [-0.3, -0.25) is 0 Å². The lowest BCUT2D eigenvalue weighted by Crippen LogP contribution is -1.99. The van der Waals surface area contributed by atoms with E-state index in [1.807, 2.05) is 43.6 Å². The highest BCUT2D eigenvalue weighted by Gasteiger charge is 2.02. The summed E-state index contributed by atoms with van der Waals surface area (Å²) in [5, 5.41) is 3.93. The number of halogens is 1. The van der Waals surface area contributed by atoms with Gasteiger partial charge in [0.25, 0.3) is 0 Å². The average Bonchev–Trinajstić information content (AvgIpc) is 2.83. The number of aromatic amines is 1. The van der Waals surface area contributed by atoms with Crippen LogP contribution in [0.1, 0.15) is 12.5 Å². The van der Waals surface area contributed by atoms with E-state index in [2.05, 4.69) is 10.3 Å². The first kappa shape index (κ1) is 11.9. The molecule has 0 unspecified atom stereocenters. The maximum Gasteiger partial charge on any atom is 0.138 e. The SMILES string of the molecule is CCOc1ccc(NCc2cc[nH]c2)cc1Cl. The molecule has 1 heterocycles. The minimum absolute atomic E-state index is 0.621. The third kappa shape index (κ3) is 3.17. The molecule has 0 bridgehead atoms. The van der Waals surface area contributed by atoms with E-state index in [1.54, 1.807) is 0 Å². The molecule has 0 radical (unpaired) electrons. The normalized spacial score (nSPS) is 10.2. The summed E-state index contributed by atoms with van der Waals surface area (Å²) in [6.45, 7) is 3.33. The Bertz CT molecular complexity index is 468. The number of hydrogen-bond acceptors (Lipinski definition) is 2. The summed E-state index contributed by atoms with van der Waals surface area (Å²) in [7, 11) is 0.